The predicted molar refractivity (Wildman–Crippen MR) is 79.9 cm³/mol. The lowest BCUT2D eigenvalue weighted by Crippen LogP contribution is -2.17. The maximum Gasteiger partial charge on any atom is 0.165 e. The maximum atomic E-state index is 13.8. The summed E-state index contributed by atoms with van der Waals surface area (Å²) in [5.41, 5.74) is 7.18. The van der Waals surface area contributed by atoms with Crippen molar-refractivity contribution in [3.05, 3.63) is 29.8 Å². The number of hydrogen-bond donors (Lipinski definition) is 2. The van der Waals surface area contributed by atoms with Gasteiger partial charge in [0.1, 0.15) is 11.5 Å². The van der Waals surface area contributed by atoms with Crippen LogP contribution in [0.5, 0.6) is 5.75 Å². The summed E-state index contributed by atoms with van der Waals surface area (Å²) in [6, 6.07) is 4.67. The first-order valence-electron chi connectivity index (χ1n) is 7.09. The Morgan fingerprint density at radius 2 is 2.05 bits per heavy atom. The van der Waals surface area contributed by atoms with E-state index in [0.717, 1.165) is 18.7 Å². The molecule has 0 aliphatic heterocycles. The van der Waals surface area contributed by atoms with Gasteiger partial charge in [-0.1, -0.05) is 12.8 Å². The van der Waals surface area contributed by atoms with Crippen molar-refractivity contribution in [3.63, 3.8) is 0 Å². The van der Waals surface area contributed by atoms with E-state index >= 15 is 0 Å². The van der Waals surface area contributed by atoms with Crippen molar-refractivity contribution >= 4 is 5.82 Å². The molecule has 1 fully saturated rings. The standard InChI is InChI=1S/C15H19FN4O/c1-21-12-7-6-10(8-11(12)16)13-14(17)20(18)15(19-13)9-4-2-3-5-9/h6-9H,2-5,17-18H2,1H3. The molecule has 1 aromatic heterocycles. The lowest BCUT2D eigenvalue weighted by molar-refractivity contribution is 0.386. The van der Waals surface area contributed by atoms with Gasteiger partial charge in [-0.05, 0) is 31.0 Å². The van der Waals surface area contributed by atoms with Gasteiger partial charge in [-0.3, -0.25) is 0 Å². The Morgan fingerprint density at radius 3 is 2.67 bits per heavy atom. The third-order valence-corrected chi connectivity index (χ3v) is 4.12. The summed E-state index contributed by atoms with van der Waals surface area (Å²) in [5, 5.41) is 0. The van der Waals surface area contributed by atoms with Crippen LogP contribution in [0, 0.1) is 5.82 Å². The second-order valence-electron chi connectivity index (χ2n) is 5.40. The number of aromatic nitrogens is 2. The Morgan fingerprint density at radius 1 is 1.33 bits per heavy atom. The molecule has 21 heavy (non-hydrogen) atoms. The van der Waals surface area contributed by atoms with Gasteiger partial charge < -0.3 is 16.3 Å². The number of nitrogen functional groups attached to an aromatic ring is 2. The van der Waals surface area contributed by atoms with Crippen molar-refractivity contribution in [2.24, 2.45) is 0 Å². The fraction of sp³-hybridized carbons (Fsp3) is 0.400. The largest absolute Gasteiger partial charge is 0.494 e. The summed E-state index contributed by atoms with van der Waals surface area (Å²) in [6.07, 6.45) is 4.52. The van der Waals surface area contributed by atoms with E-state index in [1.54, 1.807) is 12.1 Å². The predicted octanol–water partition coefficient (Wildman–Crippen LogP) is 2.65. The third-order valence-electron chi connectivity index (χ3n) is 4.12. The molecule has 0 unspecified atom stereocenters. The lowest BCUT2D eigenvalue weighted by Gasteiger charge is -2.08. The SMILES string of the molecule is COc1ccc(-c2nc(C3CCCC3)n(N)c2N)cc1F. The van der Waals surface area contributed by atoms with Crippen LogP contribution in [0.3, 0.4) is 0 Å². The Hall–Kier alpha value is -2.24. The van der Waals surface area contributed by atoms with Gasteiger partial charge in [0, 0.05) is 11.5 Å². The fourth-order valence-corrected chi connectivity index (χ4v) is 2.96. The van der Waals surface area contributed by atoms with Crippen molar-refractivity contribution in [1.82, 2.24) is 9.66 Å². The number of imidazole rings is 1. The number of methoxy groups -OCH3 is 1. The van der Waals surface area contributed by atoms with Crippen LogP contribution in [-0.4, -0.2) is 16.8 Å². The molecule has 0 amide bonds. The molecule has 1 heterocycles. The Kier molecular flexibility index (Phi) is 3.45. The molecule has 1 aliphatic carbocycles. The van der Waals surface area contributed by atoms with Crippen molar-refractivity contribution in [2.75, 3.05) is 18.7 Å². The normalized spacial score (nSPS) is 15.5. The van der Waals surface area contributed by atoms with Crippen LogP contribution in [-0.2, 0) is 0 Å². The van der Waals surface area contributed by atoms with Crippen LogP contribution in [0.15, 0.2) is 18.2 Å². The van der Waals surface area contributed by atoms with Crippen molar-refractivity contribution in [3.8, 4) is 17.0 Å². The van der Waals surface area contributed by atoms with Crippen LogP contribution < -0.4 is 16.3 Å². The molecule has 2 aromatic rings. The maximum absolute atomic E-state index is 13.8. The summed E-state index contributed by atoms with van der Waals surface area (Å²) in [5.74, 6) is 7.27. The molecule has 3 rings (SSSR count). The van der Waals surface area contributed by atoms with E-state index in [2.05, 4.69) is 4.98 Å². The summed E-state index contributed by atoms with van der Waals surface area (Å²) >= 11 is 0. The molecule has 1 saturated carbocycles. The molecule has 4 N–H and O–H groups in total. The number of ether oxygens (including phenoxy) is 1. The number of rotatable bonds is 3. The quantitative estimate of drug-likeness (QED) is 0.852. The van der Waals surface area contributed by atoms with E-state index in [1.165, 1.54) is 30.7 Å². The van der Waals surface area contributed by atoms with Crippen LogP contribution in [0.2, 0.25) is 0 Å². The van der Waals surface area contributed by atoms with E-state index in [-0.39, 0.29) is 5.75 Å². The smallest absolute Gasteiger partial charge is 0.165 e. The number of anilines is 1. The van der Waals surface area contributed by atoms with Crippen molar-refractivity contribution < 1.29 is 9.13 Å². The van der Waals surface area contributed by atoms with Crippen molar-refractivity contribution in [1.29, 1.82) is 0 Å². The molecule has 112 valence electrons. The zero-order valence-corrected chi connectivity index (χ0v) is 12.0. The van der Waals surface area contributed by atoms with E-state index in [1.807, 2.05) is 0 Å². The topological polar surface area (TPSA) is 79.1 Å². The van der Waals surface area contributed by atoms with Gasteiger partial charge in [0.15, 0.2) is 17.4 Å². The molecule has 1 aromatic carbocycles. The average molecular weight is 290 g/mol. The molecule has 0 atom stereocenters. The summed E-state index contributed by atoms with van der Waals surface area (Å²) in [6.45, 7) is 0. The second kappa shape index (κ2) is 5.27. The number of nitrogens with two attached hydrogens (primary N) is 2. The van der Waals surface area contributed by atoms with E-state index in [4.69, 9.17) is 16.3 Å². The summed E-state index contributed by atoms with van der Waals surface area (Å²) in [4.78, 5) is 4.56. The van der Waals surface area contributed by atoms with Gasteiger partial charge >= 0.3 is 0 Å². The highest BCUT2D eigenvalue weighted by Gasteiger charge is 2.25. The highest BCUT2D eigenvalue weighted by Crippen LogP contribution is 2.36. The van der Waals surface area contributed by atoms with Crippen LogP contribution in [0.25, 0.3) is 11.3 Å². The third kappa shape index (κ3) is 2.30. The van der Waals surface area contributed by atoms with Gasteiger partial charge in [-0.25, -0.2) is 14.1 Å². The first-order chi connectivity index (χ1) is 10.1. The second-order valence-corrected chi connectivity index (χ2v) is 5.40. The van der Waals surface area contributed by atoms with Gasteiger partial charge in [0.05, 0.1) is 7.11 Å². The molecule has 0 radical (unpaired) electrons. The number of benzene rings is 1. The zero-order chi connectivity index (χ0) is 15.0. The molecule has 0 bridgehead atoms. The number of nitrogens with zero attached hydrogens (tertiary/aromatic N) is 2. The summed E-state index contributed by atoms with van der Waals surface area (Å²) < 4.78 is 20.2. The first kappa shape index (κ1) is 13.7. The van der Waals surface area contributed by atoms with E-state index in [0.29, 0.717) is 23.0 Å². The minimum Gasteiger partial charge on any atom is -0.494 e. The van der Waals surface area contributed by atoms with Gasteiger partial charge in [0.2, 0.25) is 0 Å². The van der Waals surface area contributed by atoms with Gasteiger partial charge in [-0.2, -0.15) is 0 Å². The minimum absolute atomic E-state index is 0.195. The molecule has 6 heteroatoms. The van der Waals surface area contributed by atoms with Crippen LogP contribution in [0.4, 0.5) is 10.2 Å². The van der Waals surface area contributed by atoms with Crippen LogP contribution >= 0.6 is 0 Å². The van der Waals surface area contributed by atoms with E-state index in [9.17, 15) is 4.39 Å². The Balaban J connectivity index is 2.02. The monoisotopic (exact) mass is 290 g/mol. The average Bonchev–Trinajstić information content (AvgIpc) is 3.09. The number of hydrogen-bond acceptors (Lipinski definition) is 4. The molecular formula is C15H19FN4O. The summed E-state index contributed by atoms with van der Waals surface area (Å²) in [7, 11) is 1.43. The zero-order valence-electron chi connectivity index (χ0n) is 12.0. The highest BCUT2D eigenvalue weighted by atomic mass is 19.1. The first-order valence-corrected chi connectivity index (χ1v) is 7.09. The van der Waals surface area contributed by atoms with Crippen LogP contribution in [0.1, 0.15) is 37.4 Å². The molecule has 1 aliphatic rings. The van der Waals surface area contributed by atoms with Gasteiger partial charge in [0.25, 0.3) is 0 Å². The van der Waals surface area contributed by atoms with E-state index < -0.39 is 5.82 Å². The Bertz CT molecular complexity index is 662. The van der Waals surface area contributed by atoms with Gasteiger partial charge in [-0.15, -0.1) is 0 Å². The Labute approximate surface area is 122 Å². The number of halogens is 1. The lowest BCUT2D eigenvalue weighted by atomic mass is 10.1. The molecule has 0 saturated heterocycles. The molecule has 0 spiro atoms. The fourth-order valence-electron chi connectivity index (χ4n) is 2.96. The molecular weight excluding hydrogens is 271 g/mol. The van der Waals surface area contributed by atoms with Crippen molar-refractivity contribution in [2.45, 2.75) is 31.6 Å². The highest BCUT2D eigenvalue weighted by molar-refractivity contribution is 5.71. The molecule has 5 nitrogen and oxygen atoms in total. The minimum atomic E-state index is -0.441.